The van der Waals surface area contributed by atoms with Crippen molar-refractivity contribution in [2.24, 2.45) is 0 Å². The quantitative estimate of drug-likeness (QED) is 0.699. The average molecular weight is 362 g/mol. The molecule has 0 atom stereocenters. The van der Waals surface area contributed by atoms with E-state index in [1.54, 1.807) is 25.1 Å². The Morgan fingerprint density at radius 2 is 1.96 bits per heavy atom. The van der Waals surface area contributed by atoms with Gasteiger partial charge in [0, 0.05) is 27.7 Å². The lowest BCUT2D eigenvalue weighted by Gasteiger charge is -2.06. The molecule has 3 aromatic rings. The van der Waals surface area contributed by atoms with E-state index in [4.69, 9.17) is 21.8 Å². The zero-order chi connectivity index (χ0) is 21.6. The van der Waals surface area contributed by atoms with Gasteiger partial charge in [0.2, 0.25) is 0 Å². The van der Waals surface area contributed by atoms with E-state index in [0.717, 1.165) is 0 Å². The SMILES string of the molecule is [2H]c1c([2H])c(C(=O)c2c(C)n(CC(=O)O)c3cc(OC)ccc23)c([2H])c([2H])c1Cl. The molecule has 0 aliphatic heterocycles. The fourth-order valence-corrected chi connectivity index (χ4v) is 2.84. The van der Waals surface area contributed by atoms with Crippen LogP contribution in [0.5, 0.6) is 5.75 Å². The van der Waals surface area contributed by atoms with Gasteiger partial charge in [0.05, 0.1) is 23.7 Å². The van der Waals surface area contributed by atoms with Crippen molar-refractivity contribution in [1.29, 1.82) is 0 Å². The summed E-state index contributed by atoms with van der Waals surface area (Å²) in [5.74, 6) is -1.38. The van der Waals surface area contributed by atoms with E-state index < -0.39 is 48.0 Å². The van der Waals surface area contributed by atoms with Crippen molar-refractivity contribution in [2.45, 2.75) is 13.5 Å². The lowest BCUT2D eigenvalue weighted by molar-refractivity contribution is -0.137. The van der Waals surface area contributed by atoms with Gasteiger partial charge in [-0.3, -0.25) is 9.59 Å². The van der Waals surface area contributed by atoms with Gasteiger partial charge in [0.25, 0.3) is 0 Å². The highest BCUT2D eigenvalue weighted by molar-refractivity contribution is 6.30. The zero-order valence-corrected chi connectivity index (χ0v) is 14.2. The predicted octanol–water partition coefficient (Wildman–Crippen LogP) is 3.93. The molecular formula is C19H16ClNO4. The van der Waals surface area contributed by atoms with Gasteiger partial charge in [-0.2, -0.15) is 0 Å². The van der Waals surface area contributed by atoms with Crippen LogP contribution in [0.2, 0.25) is 5.02 Å². The van der Waals surface area contributed by atoms with E-state index in [1.165, 1.54) is 11.7 Å². The number of fused-ring (bicyclic) bond motifs is 1. The van der Waals surface area contributed by atoms with Crippen molar-refractivity contribution >= 4 is 34.3 Å². The Bertz CT molecular complexity index is 1160. The summed E-state index contributed by atoms with van der Waals surface area (Å²) in [6, 6.07) is 2.69. The van der Waals surface area contributed by atoms with Crippen molar-refractivity contribution in [3.8, 4) is 5.75 Å². The molecule has 1 heterocycles. The Morgan fingerprint density at radius 3 is 2.56 bits per heavy atom. The third kappa shape index (κ3) is 3.10. The number of hydrogen-bond donors (Lipinski definition) is 1. The van der Waals surface area contributed by atoms with Crippen LogP contribution in [0.15, 0.2) is 42.4 Å². The number of rotatable bonds is 5. The molecule has 3 rings (SSSR count). The number of hydrogen-bond acceptors (Lipinski definition) is 3. The second kappa shape index (κ2) is 6.61. The van der Waals surface area contributed by atoms with Gasteiger partial charge in [0.1, 0.15) is 12.3 Å². The van der Waals surface area contributed by atoms with E-state index >= 15 is 0 Å². The highest BCUT2D eigenvalue weighted by Crippen LogP contribution is 2.31. The molecule has 5 nitrogen and oxygen atoms in total. The number of carbonyl (C=O) groups excluding carboxylic acids is 1. The number of halogens is 1. The number of aromatic nitrogens is 1. The zero-order valence-electron chi connectivity index (χ0n) is 17.4. The summed E-state index contributed by atoms with van der Waals surface area (Å²) in [6.07, 6.45) is 0. The molecule has 1 aromatic heterocycles. The molecule has 0 fully saturated rings. The van der Waals surface area contributed by atoms with Crippen molar-refractivity contribution in [2.75, 3.05) is 7.11 Å². The first-order valence-corrected chi connectivity index (χ1v) is 7.67. The molecule has 2 aromatic carbocycles. The summed E-state index contributed by atoms with van der Waals surface area (Å²) in [4.78, 5) is 24.7. The average Bonchev–Trinajstić information content (AvgIpc) is 2.95. The van der Waals surface area contributed by atoms with Crippen LogP contribution < -0.4 is 4.74 Å². The van der Waals surface area contributed by atoms with Crippen LogP contribution in [-0.2, 0) is 11.3 Å². The van der Waals surface area contributed by atoms with E-state index in [0.29, 0.717) is 22.3 Å². The van der Waals surface area contributed by atoms with Crippen LogP contribution in [-0.4, -0.2) is 28.5 Å². The van der Waals surface area contributed by atoms with Crippen LogP contribution in [0.1, 0.15) is 27.1 Å². The van der Waals surface area contributed by atoms with Crippen molar-refractivity contribution < 1.29 is 24.9 Å². The summed E-state index contributed by atoms with van der Waals surface area (Å²) in [5.41, 5.74) is 0.453. The first-order chi connectivity index (χ1) is 13.6. The molecule has 0 radical (unpaired) electrons. The van der Waals surface area contributed by atoms with Gasteiger partial charge in [-0.1, -0.05) is 11.6 Å². The van der Waals surface area contributed by atoms with Gasteiger partial charge in [-0.05, 0) is 43.2 Å². The molecule has 0 aliphatic carbocycles. The van der Waals surface area contributed by atoms with Crippen molar-refractivity contribution in [3.05, 3.63) is 64.2 Å². The summed E-state index contributed by atoms with van der Waals surface area (Å²) >= 11 is 5.82. The molecule has 0 unspecified atom stereocenters. The Morgan fingerprint density at radius 1 is 1.28 bits per heavy atom. The topological polar surface area (TPSA) is 68.5 Å². The third-order valence-electron chi connectivity index (χ3n) is 3.87. The molecule has 128 valence electrons. The van der Waals surface area contributed by atoms with Crippen LogP contribution in [0.25, 0.3) is 10.9 Å². The fourth-order valence-electron chi connectivity index (χ4n) is 2.75. The molecule has 0 amide bonds. The van der Waals surface area contributed by atoms with Gasteiger partial charge in [-0.25, -0.2) is 0 Å². The maximum atomic E-state index is 13.4. The van der Waals surface area contributed by atoms with Gasteiger partial charge < -0.3 is 14.4 Å². The van der Waals surface area contributed by atoms with Crippen molar-refractivity contribution in [3.63, 3.8) is 0 Å². The Labute approximate surface area is 155 Å². The Balaban J connectivity index is 2.35. The smallest absolute Gasteiger partial charge is 0.323 e. The first kappa shape index (κ1) is 12.6. The number of benzene rings is 2. The second-order valence-corrected chi connectivity index (χ2v) is 5.72. The number of carboxylic acids is 1. The fraction of sp³-hybridized carbons (Fsp3) is 0.158. The van der Waals surface area contributed by atoms with E-state index in [1.807, 2.05) is 0 Å². The van der Waals surface area contributed by atoms with E-state index in [-0.39, 0.29) is 10.6 Å². The number of ether oxygens (including phenoxy) is 1. The lowest BCUT2D eigenvalue weighted by atomic mass is 10.0. The summed E-state index contributed by atoms with van der Waals surface area (Å²) in [6.45, 7) is 1.16. The van der Waals surface area contributed by atoms with Crippen molar-refractivity contribution in [1.82, 2.24) is 4.57 Å². The summed E-state index contributed by atoms with van der Waals surface area (Å²) < 4.78 is 38.6. The number of carbonyl (C=O) groups is 2. The maximum Gasteiger partial charge on any atom is 0.323 e. The third-order valence-corrected chi connectivity index (χ3v) is 4.06. The summed E-state index contributed by atoms with van der Waals surface area (Å²) in [5, 5.41) is 9.32. The molecular weight excluding hydrogens is 342 g/mol. The summed E-state index contributed by atoms with van der Waals surface area (Å²) in [7, 11) is 1.46. The molecule has 0 saturated carbocycles. The van der Waals surface area contributed by atoms with Crippen LogP contribution in [0, 0.1) is 6.92 Å². The molecule has 0 bridgehead atoms. The first-order valence-electron chi connectivity index (χ1n) is 9.29. The largest absolute Gasteiger partial charge is 0.497 e. The molecule has 6 heteroatoms. The maximum absolute atomic E-state index is 13.4. The minimum absolute atomic E-state index is 0.104. The monoisotopic (exact) mass is 361 g/mol. The number of methoxy groups -OCH3 is 1. The highest BCUT2D eigenvalue weighted by atomic mass is 35.5. The molecule has 25 heavy (non-hydrogen) atoms. The predicted molar refractivity (Wildman–Crippen MR) is 95.7 cm³/mol. The minimum Gasteiger partial charge on any atom is -0.497 e. The van der Waals surface area contributed by atoms with Gasteiger partial charge in [-0.15, -0.1) is 0 Å². The molecule has 1 N–H and O–H groups in total. The van der Waals surface area contributed by atoms with Crippen LogP contribution in [0.3, 0.4) is 0 Å². The van der Waals surface area contributed by atoms with Gasteiger partial charge >= 0.3 is 5.97 Å². The normalized spacial score (nSPS) is 13.1. The molecule has 0 spiro atoms. The second-order valence-electron chi connectivity index (χ2n) is 5.34. The number of carboxylic acid groups (broad SMARTS) is 1. The van der Waals surface area contributed by atoms with E-state index in [9.17, 15) is 14.7 Å². The number of aliphatic carboxylic acids is 1. The number of ketones is 1. The van der Waals surface area contributed by atoms with Crippen LogP contribution in [0.4, 0.5) is 0 Å². The van der Waals surface area contributed by atoms with Gasteiger partial charge in [0.15, 0.2) is 5.78 Å². The molecule has 0 aliphatic rings. The number of nitrogens with zero attached hydrogens (tertiary/aromatic N) is 1. The van der Waals surface area contributed by atoms with E-state index in [2.05, 4.69) is 0 Å². The molecule has 0 saturated heterocycles. The van der Waals surface area contributed by atoms with Crippen LogP contribution >= 0.6 is 11.6 Å². The minimum atomic E-state index is -1.11. The Kier molecular flexibility index (Phi) is 3.32. The lowest BCUT2D eigenvalue weighted by Crippen LogP contribution is -2.11. The highest BCUT2D eigenvalue weighted by Gasteiger charge is 2.22. The Hall–Kier alpha value is -2.79. The standard InChI is InChI=1S/C19H16ClNO4/c1-11-18(19(24)12-3-5-13(20)6-4-12)15-8-7-14(25-2)9-16(15)21(11)10-17(22)23/h3-9H,10H2,1-2H3,(H,22,23)/i3D,4D,5D,6D.